The minimum atomic E-state index is -4.15. The molecule has 1 atom stereocenters. The van der Waals surface area contributed by atoms with E-state index < -0.39 is 34.1 Å². The first-order valence-corrected chi connectivity index (χ1v) is 17.0. The standard InChI is InChI=1S/C36H40BrN3O4S/c1-26-16-21-31(22-27(26)2)40(45(43,44)32-14-10-7-11-15-32)25-34(41)39(24-29-17-19-30(37)20-18-29)33(35(42)38-36(3,4)5)23-28-12-8-6-9-13-28/h6-22,33H,23-25H2,1-5H3,(H,38,42)/t33-/m1/s1. The van der Waals surface area contributed by atoms with Gasteiger partial charge in [-0.1, -0.05) is 82.7 Å². The molecule has 0 radical (unpaired) electrons. The molecule has 0 aliphatic carbocycles. The average Bonchev–Trinajstić information content (AvgIpc) is 3.00. The Morgan fingerprint density at radius 3 is 1.98 bits per heavy atom. The monoisotopic (exact) mass is 689 g/mol. The Morgan fingerprint density at radius 2 is 1.40 bits per heavy atom. The summed E-state index contributed by atoms with van der Waals surface area (Å²) in [5.74, 6) is -0.818. The van der Waals surface area contributed by atoms with Gasteiger partial charge >= 0.3 is 0 Å². The number of halogens is 1. The van der Waals surface area contributed by atoms with Gasteiger partial charge in [0.05, 0.1) is 10.6 Å². The molecule has 0 spiro atoms. The Hall–Kier alpha value is -3.95. The lowest BCUT2D eigenvalue weighted by atomic mass is 10.0. The smallest absolute Gasteiger partial charge is 0.264 e. The van der Waals surface area contributed by atoms with Crippen LogP contribution in [0.1, 0.15) is 43.0 Å². The lowest BCUT2D eigenvalue weighted by molar-refractivity contribution is -0.140. The van der Waals surface area contributed by atoms with Crippen LogP contribution in [0.2, 0.25) is 0 Å². The van der Waals surface area contributed by atoms with E-state index >= 15 is 0 Å². The lowest BCUT2D eigenvalue weighted by Gasteiger charge is -2.35. The van der Waals surface area contributed by atoms with Crippen molar-refractivity contribution in [3.05, 3.63) is 130 Å². The molecule has 0 saturated heterocycles. The highest BCUT2D eigenvalue weighted by atomic mass is 79.9. The highest BCUT2D eigenvalue weighted by Crippen LogP contribution is 2.27. The maximum atomic E-state index is 14.6. The fraction of sp³-hybridized carbons (Fsp3) is 0.278. The Balaban J connectivity index is 1.82. The fourth-order valence-corrected chi connectivity index (χ4v) is 6.61. The molecule has 4 aromatic rings. The van der Waals surface area contributed by atoms with Crippen LogP contribution < -0.4 is 9.62 Å². The van der Waals surface area contributed by atoms with Crippen molar-refractivity contribution in [1.29, 1.82) is 0 Å². The van der Waals surface area contributed by atoms with Gasteiger partial charge in [-0.05, 0) is 93.3 Å². The molecule has 0 bridgehead atoms. The molecule has 45 heavy (non-hydrogen) atoms. The van der Waals surface area contributed by atoms with Crippen LogP contribution in [0.4, 0.5) is 5.69 Å². The van der Waals surface area contributed by atoms with Crippen LogP contribution in [-0.4, -0.2) is 43.3 Å². The van der Waals surface area contributed by atoms with Gasteiger partial charge in [0.1, 0.15) is 12.6 Å². The van der Waals surface area contributed by atoms with Gasteiger partial charge < -0.3 is 10.2 Å². The summed E-state index contributed by atoms with van der Waals surface area (Å²) in [5, 5.41) is 3.05. The van der Waals surface area contributed by atoms with E-state index in [1.165, 1.54) is 17.0 Å². The van der Waals surface area contributed by atoms with Gasteiger partial charge in [0, 0.05) is 23.0 Å². The quantitative estimate of drug-likeness (QED) is 0.187. The summed E-state index contributed by atoms with van der Waals surface area (Å²) >= 11 is 3.47. The Labute approximate surface area is 275 Å². The van der Waals surface area contributed by atoms with Gasteiger partial charge in [-0.2, -0.15) is 0 Å². The normalized spacial score (nSPS) is 12.3. The molecule has 1 N–H and O–H groups in total. The van der Waals surface area contributed by atoms with E-state index in [2.05, 4.69) is 21.2 Å². The van der Waals surface area contributed by atoms with Crippen LogP contribution in [0.3, 0.4) is 0 Å². The van der Waals surface area contributed by atoms with Crippen molar-refractivity contribution in [2.24, 2.45) is 0 Å². The molecular formula is C36H40BrN3O4S. The zero-order chi connectivity index (χ0) is 32.8. The van der Waals surface area contributed by atoms with Gasteiger partial charge in [-0.3, -0.25) is 13.9 Å². The second-order valence-electron chi connectivity index (χ2n) is 12.2. The Morgan fingerprint density at radius 1 is 0.800 bits per heavy atom. The number of carbonyl (C=O) groups excluding carboxylic acids is 2. The second kappa shape index (κ2) is 14.4. The van der Waals surface area contributed by atoms with Crippen molar-refractivity contribution in [2.75, 3.05) is 10.8 Å². The molecule has 0 aromatic heterocycles. The highest BCUT2D eigenvalue weighted by molar-refractivity contribution is 9.10. The summed E-state index contributed by atoms with van der Waals surface area (Å²) in [6, 6.07) is 29.5. The molecule has 236 valence electrons. The van der Waals surface area contributed by atoms with Crippen molar-refractivity contribution >= 4 is 43.5 Å². The number of aryl methyl sites for hydroxylation is 2. The van der Waals surface area contributed by atoms with Crippen molar-refractivity contribution in [2.45, 2.75) is 64.1 Å². The van der Waals surface area contributed by atoms with E-state index in [1.807, 2.05) is 95.3 Å². The fourth-order valence-electron chi connectivity index (χ4n) is 4.92. The summed E-state index contributed by atoms with van der Waals surface area (Å²) in [7, 11) is -4.15. The van der Waals surface area contributed by atoms with Crippen LogP contribution in [0.5, 0.6) is 0 Å². The van der Waals surface area contributed by atoms with E-state index in [4.69, 9.17) is 0 Å². The number of carbonyl (C=O) groups is 2. The largest absolute Gasteiger partial charge is 0.350 e. The maximum absolute atomic E-state index is 14.6. The minimum absolute atomic E-state index is 0.0711. The first kappa shape index (κ1) is 33.9. The first-order chi connectivity index (χ1) is 21.2. The van der Waals surface area contributed by atoms with E-state index in [0.717, 1.165) is 31.0 Å². The summed E-state index contributed by atoms with van der Waals surface area (Å²) in [5.41, 5.74) is 3.39. The van der Waals surface area contributed by atoms with Gasteiger partial charge in [0.2, 0.25) is 11.8 Å². The summed E-state index contributed by atoms with van der Waals surface area (Å²) in [6.45, 7) is 9.12. The number of hydrogen-bond donors (Lipinski definition) is 1. The van der Waals surface area contributed by atoms with Gasteiger partial charge in [0.25, 0.3) is 10.0 Å². The molecule has 2 amide bonds. The predicted octanol–water partition coefficient (Wildman–Crippen LogP) is 6.82. The molecule has 9 heteroatoms. The van der Waals surface area contributed by atoms with Crippen LogP contribution in [-0.2, 0) is 32.6 Å². The molecule has 0 fully saturated rings. The van der Waals surface area contributed by atoms with E-state index in [9.17, 15) is 18.0 Å². The molecule has 7 nitrogen and oxygen atoms in total. The number of benzene rings is 4. The van der Waals surface area contributed by atoms with Gasteiger partial charge in [0.15, 0.2) is 0 Å². The summed E-state index contributed by atoms with van der Waals surface area (Å²) in [6.07, 6.45) is 0.250. The third-order valence-electron chi connectivity index (χ3n) is 7.42. The predicted molar refractivity (Wildman–Crippen MR) is 183 cm³/mol. The molecule has 4 rings (SSSR count). The van der Waals surface area contributed by atoms with Gasteiger partial charge in [-0.15, -0.1) is 0 Å². The number of sulfonamides is 1. The Kier molecular flexibility index (Phi) is 10.9. The zero-order valence-corrected chi connectivity index (χ0v) is 28.7. The third kappa shape index (κ3) is 9.05. The van der Waals surface area contributed by atoms with Crippen LogP contribution in [0.15, 0.2) is 112 Å². The zero-order valence-electron chi connectivity index (χ0n) is 26.3. The third-order valence-corrected chi connectivity index (χ3v) is 9.74. The number of amides is 2. The summed E-state index contributed by atoms with van der Waals surface area (Å²) in [4.78, 5) is 30.1. The van der Waals surface area contributed by atoms with E-state index in [1.54, 1.807) is 30.3 Å². The average molecular weight is 691 g/mol. The highest BCUT2D eigenvalue weighted by Gasteiger charge is 2.35. The molecule has 0 saturated carbocycles. The molecular weight excluding hydrogens is 650 g/mol. The van der Waals surface area contributed by atoms with Gasteiger partial charge in [-0.25, -0.2) is 8.42 Å². The topological polar surface area (TPSA) is 86.8 Å². The van der Waals surface area contributed by atoms with Crippen molar-refractivity contribution in [1.82, 2.24) is 10.2 Å². The summed E-state index contributed by atoms with van der Waals surface area (Å²) < 4.78 is 30.3. The van der Waals surface area contributed by atoms with Crippen LogP contribution in [0.25, 0.3) is 0 Å². The SMILES string of the molecule is Cc1ccc(N(CC(=O)N(Cc2ccc(Br)cc2)[C@H](Cc2ccccc2)C(=O)NC(C)(C)C)S(=O)(=O)c2ccccc2)cc1C. The van der Waals surface area contributed by atoms with E-state index in [-0.39, 0.29) is 23.8 Å². The molecule has 0 unspecified atom stereocenters. The second-order valence-corrected chi connectivity index (χ2v) is 15.0. The number of nitrogens with zero attached hydrogens (tertiary/aromatic N) is 2. The molecule has 0 aliphatic heterocycles. The van der Waals surface area contributed by atoms with Crippen molar-refractivity contribution in [3.63, 3.8) is 0 Å². The maximum Gasteiger partial charge on any atom is 0.264 e. The van der Waals surface area contributed by atoms with Crippen LogP contribution >= 0.6 is 15.9 Å². The molecule has 0 heterocycles. The Bertz CT molecular complexity index is 1720. The molecule has 0 aliphatic rings. The number of hydrogen-bond acceptors (Lipinski definition) is 4. The first-order valence-electron chi connectivity index (χ1n) is 14.8. The number of nitrogens with one attached hydrogen (secondary N) is 1. The minimum Gasteiger partial charge on any atom is -0.350 e. The van der Waals surface area contributed by atoms with E-state index in [0.29, 0.717) is 5.69 Å². The molecule has 4 aromatic carbocycles. The number of anilines is 1. The lowest BCUT2D eigenvalue weighted by Crippen LogP contribution is -2.56. The van der Waals surface area contributed by atoms with Crippen molar-refractivity contribution in [3.8, 4) is 0 Å². The van der Waals surface area contributed by atoms with Crippen molar-refractivity contribution < 1.29 is 18.0 Å². The van der Waals surface area contributed by atoms with Crippen LogP contribution in [0, 0.1) is 13.8 Å². The number of rotatable bonds is 11.